The van der Waals surface area contributed by atoms with Crippen molar-refractivity contribution in [3.63, 3.8) is 0 Å². The van der Waals surface area contributed by atoms with Crippen molar-refractivity contribution < 1.29 is 24.9 Å². The molecule has 5 N–H and O–H groups in total. The van der Waals surface area contributed by atoms with Gasteiger partial charge in [0.1, 0.15) is 24.4 Å². The van der Waals surface area contributed by atoms with Gasteiger partial charge in [0.25, 0.3) is 0 Å². The van der Waals surface area contributed by atoms with Crippen molar-refractivity contribution in [2.75, 3.05) is 6.61 Å². The van der Waals surface area contributed by atoms with E-state index >= 15 is 0 Å². The van der Waals surface area contributed by atoms with Crippen LogP contribution >= 0.6 is 0 Å². The predicted molar refractivity (Wildman–Crippen MR) is 66.9 cm³/mol. The molecule has 1 saturated heterocycles. The summed E-state index contributed by atoms with van der Waals surface area (Å²) in [6.07, 6.45) is 3.26. The first-order valence-corrected chi connectivity index (χ1v) is 6.04. The average molecular weight is 267 g/mol. The summed E-state index contributed by atoms with van der Waals surface area (Å²) in [6.45, 7) is -0.361. The maximum atomic E-state index is 11.1. The molecule has 1 heterocycles. The van der Waals surface area contributed by atoms with Crippen LogP contribution in [0.4, 0.5) is 0 Å². The second kappa shape index (κ2) is 5.66. The second-order valence-electron chi connectivity index (χ2n) is 4.59. The molecule has 1 aliphatic carbocycles. The zero-order valence-corrected chi connectivity index (χ0v) is 10.3. The number of aliphatic hydroxyl groups is 3. The summed E-state index contributed by atoms with van der Waals surface area (Å²) in [5.41, 5.74) is 6.30. The number of rotatable bonds is 3. The molecule has 2 rings (SSSR count). The van der Waals surface area contributed by atoms with E-state index in [1.807, 2.05) is 0 Å². The first kappa shape index (κ1) is 14.0. The molecule has 0 aromatic heterocycles. The van der Waals surface area contributed by atoms with E-state index in [2.05, 4.69) is 0 Å². The highest BCUT2D eigenvalue weighted by Gasteiger charge is 2.43. The first-order valence-electron chi connectivity index (χ1n) is 6.04. The van der Waals surface area contributed by atoms with E-state index < -0.39 is 30.3 Å². The van der Waals surface area contributed by atoms with Crippen molar-refractivity contribution in [2.45, 2.75) is 30.8 Å². The summed E-state index contributed by atoms with van der Waals surface area (Å²) in [5, 5.41) is 28.7. The molecular weight excluding hydrogens is 250 g/mol. The zero-order valence-electron chi connectivity index (χ0n) is 10.3. The zero-order chi connectivity index (χ0) is 14.0. The first-order chi connectivity index (χ1) is 9.04. The molecule has 0 radical (unpaired) electrons. The molecule has 19 heavy (non-hydrogen) atoms. The van der Waals surface area contributed by atoms with Crippen LogP contribution in [0.25, 0.3) is 0 Å². The summed E-state index contributed by atoms with van der Waals surface area (Å²) in [7, 11) is 0. The standard InChI is InChI=1S/C13H17NO5/c14-13(18)8-3-1-2-7(4-5-8)12-11(17)10(16)9(6-15)19-12/h1-3,5,9-12,15-17H,4,6H2,(H2,14,18)/t9-,10-,11-,12+/m1/s1. The quantitative estimate of drug-likeness (QED) is 0.511. The minimum absolute atomic E-state index is 0.361. The van der Waals surface area contributed by atoms with E-state index in [1.165, 1.54) is 0 Å². The second-order valence-corrected chi connectivity index (χ2v) is 4.59. The summed E-state index contributed by atoms with van der Waals surface area (Å²) >= 11 is 0. The fraction of sp³-hybridized carbons (Fsp3) is 0.462. The fourth-order valence-corrected chi connectivity index (χ4v) is 2.24. The number of aliphatic hydroxyl groups excluding tert-OH is 3. The van der Waals surface area contributed by atoms with E-state index in [-0.39, 0.29) is 6.61 Å². The van der Waals surface area contributed by atoms with Crippen LogP contribution in [-0.2, 0) is 9.53 Å². The number of carbonyl (C=O) groups is 1. The van der Waals surface area contributed by atoms with Gasteiger partial charge in [-0.05, 0) is 18.1 Å². The van der Waals surface area contributed by atoms with Crippen LogP contribution in [-0.4, -0.2) is 52.2 Å². The lowest BCUT2D eigenvalue weighted by Gasteiger charge is -2.17. The van der Waals surface area contributed by atoms with Crippen molar-refractivity contribution in [1.82, 2.24) is 0 Å². The van der Waals surface area contributed by atoms with Crippen molar-refractivity contribution in [3.05, 3.63) is 35.5 Å². The van der Waals surface area contributed by atoms with Gasteiger partial charge in [-0.1, -0.05) is 18.2 Å². The number of nitrogens with two attached hydrogens (primary N) is 1. The van der Waals surface area contributed by atoms with Crippen molar-refractivity contribution in [1.29, 1.82) is 0 Å². The number of hydrogen-bond acceptors (Lipinski definition) is 5. The van der Waals surface area contributed by atoms with Crippen molar-refractivity contribution in [2.24, 2.45) is 5.73 Å². The van der Waals surface area contributed by atoms with Crippen LogP contribution in [0.3, 0.4) is 0 Å². The minimum atomic E-state index is -1.12. The molecule has 1 amide bonds. The molecule has 1 aliphatic heterocycles. The smallest absolute Gasteiger partial charge is 0.248 e. The molecule has 6 heteroatoms. The van der Waals surface area contributed by atoms with E-state index in [9.17, 15) is 15.0 Å². The van der Waals surface area contributed by atoms with Crippen molar-refractivity contribution >= 4 is 5.91 Å². The van der Waals surface area contributed by atoms with Crippen LogP contribution in [0.5, 0.6) is 0 Å². The highest BCUT2D eigenvalue weighted by molar-refractivity contribution is 5.95. The highest BCUT2D eigenvalue weighted by Crippen LogP contribution is 2.29. The van der Waals surface area contributed by atoms with Gasteiger partial charge in [-0.25, -0.2) is 0 Å². The molecule has 0 unspecified atom stereocenters. The maximum Gasteiger partial charge on any atom is 0.248 e. The molecule has 0 bridgehead atoms. The van der Waals surface area contributed by atoms with Crippen LogP contribution in [0.15, 0.2) is 35.5 Å². The van der Waals surface area contributed by atoms with Gasteiger partial charge in [-0.3, -0.25) is 4.79 Å². The SMILES string of the molecule is NC(=O)C1=CCC([C@@H]2O[C@H](CO)[C@@H](O)[C@H]2O)=CC=C1. The summed E-state index contributed by atoms with van der Waals surface area (Å²) in [5.74, 6) is -0.521. The lowest BCUT2D eigenvalue weighted by Crippen LogP contribution is -2.34. The molecule has 0 spiro atoms. The Morgan fingerprint density at radius 2 is 2.16 bits per heavy atom. The monoisotopic (exact) mass is 267 g/mol. The molecule has 0 aromatic rings. The van der Waals surface area contributed by atoms with Crippen molar-refractivity contribution in [3.8, 4) is 0 Å². The summed E-state index contributed by atoms with van der Waals surface area (Å²) in [6, 6.07) is 0. The normalized spacial score (nSPS) is 34.7. The van der Waals surface area contributed by atoms with Crippen LogP contribution < -0.4 is 5.73 Å². The maximum absolute atomic E-state index is 11.1. The Morgan fingerprint density at radius 3 is 2.74 bits per heavy atom. The third-order valence-corrected chi connectivity index (χ3v) is 3.34. The Hall–Kier alpha value is -1.47. The van der Waals surface area contributed by atoms with E-state index in [4.69, 9.17) is 15.6 Å². The van der Waals surface area contributed by atoms with E-state index in [1.54, 1.807) is 24.3 Å². The van der Waals surface area contributed by atoms with Crippen LogP contribution in [0, 0.1) is 0 Å². The number of carbonyl (C=O) groups excluding carboxylic acids is 1. The number of allylic oxidation sites excluding steroid dienone is 3. The molecular formula is C13H17NO5. The summed E-state index contributed by atoms with van der Waals surface area (Å²) < 4.78 is 5.43. The third-order valence-electron chi connectivity index (χ3n) is 3.34. The van der Waals surface area contributed by atoms with Gasteiger partial charge in [0.05, 0.1) is 6.61 Å². The lowest BCUT2D eigenvalue weighted by molar-refractivity contribution is -0.114. The number of amides is 1. The molecule has 1 fully saturated rings. The van der Waals surface area contributed by atoms with Gasteiger partial charge < -0.3 is 25.8 Å². The van der Waals surface area contributed by atoms with Gasteiger partial charge in [0, 0.05) is 5.57 Å². The molecule has 104 valence electrons. The van der Waals surface area contributed by atoms with Gasteiger partial charge in [0.2, 0.25) is 5.91 Å². The molecule has 0 saturated carbocycles. The third kappa shape index (κ3) is 2.76. The Balaban J connectivity index is 2.14. The van der Waals surface area contributed by atoms with Gasteiger partial charge in [-0.15, -0.1) is 0 Å². The minimum Gasteiger partial charge on any atom is -0.394 e. The Kier molecular flexibility index (Phi) is 4.16. The van der Waals surface area contributed by atoms with Crippen LogP contribution in [0.2, 0.25) is 0 Å². The summed E-state index contributed by atoms with van der Waals surface area (Å²) in [4.78, 5) is 11.1. The van der Waals surface area contributed by atoms with E-state index in [0.29, 0.717) is 12.0 Å². The predicted octanol–water partition coefficient (Wildman–Crippen LogP) is -1.23. The Labute approximate surface area is 110 Å². The molecule has 6 nitrogen and oxygen atoms in total. The topological polar surface area (TPSA) is 113 Å². The number of hydrogen-bond donors (Lipinski definition) is 4. The van der Waals surface area contributed by atoms with E-state index in [0.717, 1.165) is 5.57 Å². The molecule has 0 aromatic carbocycles. The Bertz CT molecular complexity index is 454. The number of primary amides is 1. The van der Waals surface area contributed by atoms with Gasteiger partial charge in [0.15, 0.2) is 0 Å². The largest absolute Gasteiger partial charge is 0.394 e. The fourth-order valence-electron chi connectivity index (χ4n) is 2.24. The molecule has 2 aliphatic rings. The van der Waals surface area contributed by atoms with Gasteiger partial charge >= 0.3 is 0 Å². The van der Waals surface area contributed by atoms with Gasteiger partial charge in [-0.2, -0.15) is 0 Å². The molecule has 4 atom stereocenters. The highest BCUT2D eigenvalue weighted by atomic mass is 16.6. The lowest BCUT2D eigenvalue weighted by atomic mass is 9.99. The average Bonchev–Trinajstić information content (AvgIpc) is 2.60. The Morgan fingerprint density at radius 1 is 1.42 bits per heavy atom. The number of ether oxygens (including phenoxy) is 1. The van der Waals surface area contributed by atoms with Crippen LogP contribution in [0.1, 0.15) is 6.42 Å².